The van der Waals surface area contributed by atoms with Gasteiger partial charge < -0.3 is 18.6 Å². The van der Waals surface area contributed by atoms with E-state index in [0.717, 1.165) is 6.42 Å². The van der Waals surface area contributed by atoms with Crippen LogP contribution in [0, 0.1) is 0 Å². The topological polar surface area (TPSA) is 75.0 Å². The predicted molar refractivity (Wildman–Crippen MR) is 110 cm³/mol. The molecule has 150 valence electrons. The van der Waals surface area contributed by atoms with Gasteiger partial charge in [0.1, 0.15) is 0 Å². The SMILES string of the molecule is CC/C=C/CCOc1c(OC(=O)c2ccccc2)c2cccc(OC)c2oc1=O. The number of rotatable bonds is 8. The molecular weight excluding hydrogens is 372 g/mol. The van der Waals surface area contributed by atoms with Crippen molar-refractivity contribution in [3.8, 4) is 17.2 Å². The quantitative estimate of drug-likeness (QED) is 0.237. The molecule has 0 spiro atoms. The summed E-state index contributed by atoms with van der Waals surface area (Å²) in [5.41, 5.74) is -0.194. The Bertz CT molecular complexity index is 1070. The Hall–Kier alpha value is -3.54. The van der Waals surface area contributed by atoms with Gasteiger partial charge in [-0.15, -0.1) is 0 Å². The van der Waals surface area contributed by atoms with Gasteiger partial charge in [-0.25, -0.2) is 9.59 Å². The molecule has 1 aromatic heterocycles. The van der Waals surface area contributed by atoms with Gasteiger partial charge in [0.2, 0.25) is 5.75 Å². The summed E-state index contributed by atoms with van der Waals surface area (Å²) < 4.78 is 21.9. The number of allylic oxidation sites excluding steroid dienone is 1. The van der Waals surface area contributed by atoms with E-state index < -0.39 is 11.6 Å². The van der Waals surface area contributed by atoms with E-state index in [1.54, 1.807) is 48.5 Å². The van der Waals surface area contributed by atoms with Gasteiger partial charge in [-0.05, 0) is 37.1 Å². The van der Waals surface area contributed by atoms with Gasteiger partial charge in [-0.1, -0.05) is 43.3 Å². The highest BCUT2D eigenvalue weighted by Crippen LogP contribution is 2.37. The van der Waals surface area contributed by atoms with Crippen LogP contribution in [0.15, 0.2) is 69.9 Å². The Balaban J connectivity index is 2.04. The summed E-state index contributed by atoms with van der Waals surface area (Å²) in [5.74, 6) is -0.367. The van der Waals surface area contributed by atoms with Crippen molar-refractivity contribution in [3.05, 3.63) is 76.7 Å². The first-order chi connectivity index (χ1) is 14.2. The van der Waals surface area contributed by atoms with E-state index in [2.05, 4.69) is 0 Å². The zero-order chi connectivity index (χ0) is 20.6. The molecule has 0 radical (unpaired) electrons. The fraction of sp³-hybridized carbons (Fsp3) is 0.217. The molecule has 0 bridgehead atoms. The van der Waals surface area contributed by atoms with Gasteiger partial charge in [0, 0.05) is 0 Å². The van der Waals surface area contributed by atoms with Crippen molar-refractivity contribution >= 4 is 16.9 Å². The second kappa shape index (κ2) is 9.59. The van der Waals surface area contributed by atoms with Gasteiger partial charge in [0.25, 0.3) is 0 Å². The third-order valence-corrected chi connectivity index (χ3v) is 4.17. The number of para-hydroxylation sites is 1. The number of fused-ring (bicyclic) bond motifs is 1. The van der Waals surface area contributed by atoms with Crippen molar-refractivity contribution in [3.63, 3.8) is 0 Å². The highest BCUT2D eigenvalue weighted by Gasteiger charge is 2.23. The summed E-state index contributed by atoms with van der Waals surface area (Å²) in [6.45, 7) is 2.27. The molecule has 0 amide bonds. The minimum atomic E-state index is -0.739. The second-order valence-electron chi connectivity index (χ2n) is 6.16. The first-order valence-corrected chi connectivity index (χ1v) is 9.34. The minimum absolute atomic E-state index is 0.0171. The Morgan fingerprint density at radius 3 is 2.55 bits per heavy atom. The molecule has 0 N–H and O–H groups in total. The normalized spacial score (nSPS) is 11.0. The molecule has 0 aliphatic carbocycles. The average Bonchev–Trinajstić information content (AvgIpc) is 2.75. The molecule has 29 heavy (non-hydrogen) atoms. The summed E-state index contributed by atoms with van der Waals surface area (Å²) in [7, 11) is 1.47. The lowest BCUT2D eigenvalue weighted by molar-refractivity contribution is 0.0729. The van der Waals surface area contributed by atoms with Gasteiger partial charge >= 0.3 is 11.6 Å². The van der Waals surface area contributed by atoms with Crippen LogP contribution in [0.4, 0.5) is 0 Å². The molecule has 2 aromatic carbocycles. The Morgan fingerprint density at radius 2 is 1.83 bits per heavy atom. The molecule has 6 nitrogen and oxygen atoms in total. The molecule has 0 fully saturated rings. The number of carbonyl (C=O) groups is 1. The lowest BCUT2D eigenvalue weighted by Crippen LogP contribution is -2.15. The van der Waals surface area contributed by atoms with E-state index >= 15 is 0 Å². The molecule has 0 aliphatic heterocycles. The van der Waals surface area contributed by atoms with Crippen molar-refractivity contribution in [1.82, 2.24) is 0 Å². The zero-order valence-corrected chi connectivity index (χ0v) is 16.3. The molecule has 0 atom stereocenters. The number of hydrogen-bond donors (Lipinski definition) is 0. The molecule has 0 unspecified atom stereocenters. The van der Waals surface area contributed by atoms with Crippen molar-refractivity contribution in [2.24, 2.45) is 0 Å². The van der Waals surface area contributed by atoms with E-state index in [4.69, 9.17) is 18.6 Å². The molecule has 6 heteroatoms. The van der Waals surface area contributed by atoms with E-state index in [9.17, 15) is 9.59 Å². The first-order valence-electron chi connectivity index (χ1n) is 9.34. The van der Waals surface area contributed by atoms with Crippen LogP contribution >= 0.6 is 0 Å². The van der Waals surface area contributed by atoms with E-state index in [0.29, 0.717) is 23.1 Å². The van der Waals surface area contributed by atoms with Crippen molar-refractivity contribution in [2.75, 3.05) is 13.7 Å². The summed E-state index contributed by atoms with van der Waals surface area (Å²) in [6, 6.07) is 13.6. The minimum Gasteiger partial charge on any atom is -0.493 e. The van der Waals surface area contributed by atoms with Gasteiger partial charge in [0.15, 0.2) is 17.1 Å². The Kier molecular flexibility index (Phi) is 6.68. The number of hydrogen-bond acceptors (Lipinski definition) is 6. The Morgan fingerprint density at radius 1 is 1.03 bits per heavy atom. The van der Waals surface area contributed by atoms with Crippen LogP contribution in [-0.2, 0) is 0 Å². The number of methoxy groups -OCH3 is 1. The predicted octanol–water partition coefficient (Wildman–Crippen LogP) is 4.76. The molecule has 3 rings (SSSR count). The van der Waals surface area contributed by atoms with Crippen LogP contribution in [0.1, 0.15) is 30.1 Å². The fourth-order valence-corrected chi connectivity index (χ4v) is 2.78. The second-order valence-corrected chi connectivity index (χ2v) is 6.16. The van der Waals surface area contributed by atoms with Gasteiger partial charge in [-0.3, -0.25) is 0 Å². The van der Waals surface area contributed by atoms with Crippen LogP contribution in [0.5, 0.6) is 17.2 Å². The van der Waals surface area contributed by atoms with Crippen molar-refractivity contribution < 1.29 is 23.4 Å². The van der Waals surface area contributed by atoms with E-state index in [1.807, 2.05) is 19.1 Å². The number of esters is 1. The maximum atomic E-state index is 12.6. The van der Waals surface area contributed by atoms with Crippen molar-refractivity contribution in [2.45, 2.75) is 19.8 Å². The smallest absolute Gasteiger partial charge is 0.383 e. The standard InChI is InChI=1S/C23H22O6/c1-3-4-5-9-15-27-21-20(29-22(24)16-11-7-6-8-12-16)17-13-10-14-18(26-2)19(17)28-23(21)25/h4-8,10-14H,3,9,15H2,1-2H3/b5-4+. The fourth-order valence-electron chi connectivity index (χ4n) is 2.78. The van der Waals surface area contributed by atoms with Crippen LogP contribution in [0.3, 0.4) is 0 Å². The van der Waals surface area contributed by atoms with Gasteiger partial charge in [0.05, 0.1) is 24.7 Å². The molecule has 0 saturated carbocycles. The molecule has 1 heterocycles. The summed E-state index contributed by atoms with van der Waals surface area (Å²) in [5, 5.41) is 0.410. The first kappa shape index (κ1) is 20.2. The number of carbonyl (C=O) groups excluding carboxylic acids is 1. The largest absolute Gasteiger partial charge is 0.493 e. The Labute approximate surface area is 168 Å². The van der Waals surface area contributed by atoms with Crippen LogP contribution in [-0.4, -0.2) is 19.7 Å². The van der Waals surface area contributed by atoms with Gasteiger partial charge in [-0.2, -0.15) is 0 Å². The van der Waals surface area contributed by atoms with Crippen molar-refractivity contribution in [1.29, 1.82) is 0 Å². The summed E-state index contributed by atoms with van der Waals surface area (Å²) >= 11 is 0. The average molecular weight is 394 g/mol. The third-order valence-electron chi connectivity index (χ3n) is 4.17. The summed E-state index contributed by atoms with van der Waals surface area (Å²) in [6.07, 6.45) is 5.49. The lowest BCUT2D eigenvalue weighted by atomic mass is 10.2. The highest BCUT2D eigenvalue weighted by atomic mass is 16.6. The highest BCUT2D eigenvalue weighted by molar-refractivity contribution is 5.96. The molecule has 0 saturated heterocycles. The van der Waals surface area contributed by atoms with E-state index in [-0.39, 0.29) is 23.7 Å². The third kappa shape index (κ3) is 4.66. The van der Waals surface area contributed by atoms with Crippen LogP contribution < -0.4 is 19.8 Å². The van der Waals surface area contributed by atoms with E-state index in [1.165, 1.54) is 7.11 Å². The zero-order valence-electron chi connectivity index (χ0n) is 16.3. The number of ether oxygens (including phenoxy) is 3. The maximum absolute atomic E-state index is 12.6. The van der Waals surface area contributed by atoms with Crippen LogP contribution in [0.2, 0.25) is 0 Å². The monoisotopic (exact) mass is 394 g/mol. The molecular formula is C23H22O6. The van der Waals surface area contributed by atoms with Crippen LogP contribution in [0.25, 0.3) is 11.0 Å². The lowest BCUT2D eigenvalue weighted by Gasteiger charge is -2.13. The number of benzene rings is 2. The summed E-state index contributed by atoms with van der Waals surface area (Å²) in [4.78, 5) is 25.2. The maximum Gasteiger partial charge on any atom is 0.383 e. The molecule has 3 aromatic rings. The molecule has 0 aliphatic rings.